The molecule has 2 amide bonds. The topological polar surface area (TPSA) is 66.6 Å². The van der Waals surface area contributed by atoms with Gasteiger partial charge in [0.1, 0.15) is 0 Å². The van der Waals surface area contributed by atoms with Crippen molar-refractivity contribution in [3.8, 4) is 0 Å². The third-order valence-electron chi connectivity index (χ3n) is 5.67. The van der Waals surface area contributed by atoms with E-state index in [4.69, 9.17) is 5.73 Å². The van der Waals surface area contributed by atoms with Crippen molar-refractivity contribution in [3.63, 3.8) is 0 Å². The lowest BCUT2D eigenvalue weighted by Gasteiger charge is -2.37. The van der Waals surface area contributed by atoms with Gasteiger partial charge in [0.15, 0.2) is 0 Å². The SMILES string of the molecule is CCC(C)C(N)C(=O)N1CCN(C(=O)CC2CCCCC2)CC1.Cl. The van der Waals surface area contributed by atoms with Gasteiger partial charge in [-0.05, 0) is 24.7 Å². The first-order valence-electron chi connectivity index (χ1n) is 9.35. The molecule has 2 N–H and O–H groups in total. The lowest BCUT2D eigenvalue weighted by Crippen LogP contribution is -2.55. The normalized spacial score (nSPS) is 21.8. The molecular formula is C18H34ClN3O2. The number of hydrogen-bond acceptors (Lipinski definition) is 3. The molecule has 5 nitrogen and oxygen atoms in total. The first-order chi connectivity index (χ1) is 11.0. The van der Waals surface area contributed by atoms with E-state index in [-0.39, 0.29) is 30.1 Å². The molecule has 1 aliphatic heterocycles. The number of rotatable bonds is 5. The Hall–Kier alpha value is -0.810. The molecule has 0 spiro atoms. The highest BCUT2D eigenvalue weighted by Gasteiger charge is 2.30. The number of hydrogen-bond donors (Lipinski definition) is 1. The second-order valence-electron chi connectivity index (χ2n) is 7.33. The Balaban J connectivity index is 0.00000288. The molecule has 2 atom stereocenters. The lowest BCUT2D eigenvalue weighted by molar-refractivity contribution is -0.141. The summed E-state index contributed by atoms with van der Waals surface area (Å²) in [6.45, 7) is 6.64. The molecule has 6 heteroatoms. The number of piperazine rings is 1. The van der Waals surface area contributed by atoms with E-state index in [1.807, 2.05) is 16.7 Å². The summed E-state index contributed by atoms with van der Waals surface area (Å²) in [5, 5.41) is 0. The van der Waals surface area contributed by atoms with E-state index in [0.717, 1.165) is 6.42 Å². The summed E-state index contributed by atoms with van der Waals surface area (Å²) < 4.78 is 0. The minimum absolute atomic E-state index is 0. The molecule has 0 aromatic heterocycles. The molecule has 2 fully saturated rings. The van der Waals surface area contributed by atoms with Gasteiger partial charge in [-0.3, -0.25) is 9.59 Å². The molecule has 0 aromatic carbocycles. The van der Waals surface area contributed by atoms with Crippen LogP contribution < -0.4 is 5.73 Å². The van der Waals surface area contributed by atoms with Crippen molar-refractivity contribution in [2.45, 2.75) is 64.8 Å². The van der Waals surface area contributed by atoms with Crippen molar-refractivity contribution in [1.82, 2.24) is 9.80 Å². The summed E-state index contributed by atoms with van der Waals surface area (Å²) in [5.41, 5.74) is 6.05. The summed E-state index contributed by atoms with van der Waals surface area (Å²) in [4.78, 5) is 28.6. The maximum absolute atomic E-state index is 12.4. The van der Waals surface area contributed by atoms with Crippen molar-refractivity contribution >= 4 is 24.2 Å². The van der Waals surface area contributed by atoms with Gasteiger partial charge in [0, 0.05) is 32.6 Å². The van der Waals surface area contributed by atoms with E-state index in [0.29, 0.717) is 38.5 Å². The number of carbonyl (C=O) groups is 2. The van der Waals surface area contributed by atoms with Crippen LogP contribution in [-0.4, -0.2) is 53.8 Å². The third kappa shape index (κ3) is 5.62. The summed E-state index contributed by atoms with van der Waals surface area (Å²) in [7, 11) is 0. The summed E-state index contributed by atoms with van der Waals surface area (Å²) in [5.74, 6) is 1.09. The smallest absolute Gasteiger partial charge is 0.239 e. The van der Waals surface area contributed by atoms with Crippen LogP contribution in [0.3, 0.4) is 0 Å². The Morgan fingerprint density at radius 2 is 1.58 bits per heavy atom. The Labute approximate surface area is 152 Å². The zero-order valence-corrected chi connectivity index (χ0v) is 16.0. The van der Waals surface area contributed by atoms with E-state index in [1.165, 1.54) is 32.1 Å². The molecule has 1 saturated heterocycles. The summed E-state index contributed by atoms with van der Waals surface area (Å²) >= 11 is 0. The van der Waals surface area contributed by atoms with E-state index >= 15 is 0 Å². The van der Waals surface area contributed by atoms with Gasteiger partial charge in [-0.25, -0.2) is 0 Å². The van der Waals surface area contributed by atoms with Gasteiger partial charge in [-0.15, -0.1) is 12.4 Å². The maximum Gasteiger partial charge on any atom is 0.239 e. The van der Waals surface area contributed by atoms with Gasteiger partial charge in [-0.1, -0.05) is 39.5 Å². The van der Waals surface area contributed by atoms with Crippen LogP contribution in [0.4, 0.5) is 0 Å². The minimum Gasteiger partial charge on any atom is -0.339 e. The molecule has 0 radical (unpaired) electrons. The van der Waals surface area contributed by atoms with Crippen LogP contribution in [0.1, 0.15) is 58.8 Å². The summed E-state index contributed by atoms with van der Waals surface area (Å²) in [6.07, 6.45) is 7.87. The molecular weight excluding hydrogens is 326 g/mol. The van der Waals surface area contributed by atoms with Crippen molar-refractivity contribution in [3.05, 3.63) is 0 Å². The third-order valence-corrected chi connectivity index (χ3v) is 5.67. The standard InChI is InChI=1S/C18H33N3O2.ClH/c1-3-14(2)17(19)18(23)21-11-9-20(10-12-21)16(22)13-15-7-5-4-6-8-15;/h14-15,17H,3-13,19H2,1-2H3;1H. The monoisotopic (exact) mass is 359 g/mol. The van der Waals surface area contributed by atoms with Gasteiger partial charge in [0.05, 0.1) is 6.04 Å². The highest BCUT2D eigenvalue weighted by atomic mass is 35.5. The Kier molecular flexibility index (Phi) is 9.06. The van der Waals surface area contributed by atoms with E-state index in [2.05, 4.69) is 6.92 Å². The molecule has 140 valence electrons. The van der Waals surface area contributed by atoms with Crippen molar-refractivity contribution in [1.29, 1.82) is 0 Å². The van der Waals surface area contributed by atoms with Crippen molar-refractivity contribution in [2.75, 3.05) is 26.2 Å². The maximum atomic E-state index is 12.4. The molecule has 2 unspecified atom stereocenters. The average Bonchev–Trinajstić information content (AvgIpc) is 2.60. The van der Waals surface area contributed by atoms with Crippen LogP contribution >= 0.6 is 12.4 Å². The Bertz CT molecular complexity index is 405. The van der Waals surface area contributed by atoms with Crippen LogP contribution in [0.2, 0.25) is 0 Å². The van der Waals surface area contributed by atoms with E-state index in [1.54, 1.807) is 0 Å². The zero-order valence-electron chi connectivity index (χ0n) is 15.2. The summed E-state index contributed by atoms with van der Waals surface area (Å²) in [6, 6.07) is -0.413. The molecule has 2 aliphatic rings. The predicted molar refractivity (Wildman–Crippen MR) is 99.0 cm³/mol. The first-order valence-corrected chi connectivity index (χ1v) is 9.35. The highest BCUT2D eigenvalue weighted by molar-refractivity contribution is 5.85. The fraction of sp³-hybridized carbons (Fsp3) is 0.889. The number of nitrogens with two attached hydrogens (primary N) is 1. The second-order valence-corrected chi connectivity index (χ2v) is 7.33. The molecule has 1 heterocycles. The predicted octanol–water partition coefficient (Wildman–Crippen LogP) is 2.42. The lowest BCUT2D eigenvalue weighted by atomic mass is 9.86. The molecule has 0 aromatic rings. The fourth-order valence-corrected chi connectivity index (χ4v) is 3.65. The largest absolute Gasteiger partial charge is 0.339 e. The van der Waals surface area contributed by atoms with Gasteiger partial charge in [0.25, 0.3) is 0 Å². The zero-order chi connectivity index (χ0) is 16.8. The van der Waals surface area contributed by atoms with Crippen molar-refractivity contribution in [2.24, 2.45) is 17.6 Å². The Morgan fingerprint density at radius 3 is 2.12 bits per heavy atom. The Morgan fingerprint density at radius 1 is 1.04 bits per heavy atom. The molecule has 1 saturated carbocycles. The number of nitrogens with zero attached hydrogens (tertiary/aromatic N) is 2. The van der Waals surface area contributed by atoms with Crippen molar-refractivity contribution < 1.29 is 9.59 Å². The molecule has 2 rings (SSSR count). The quantitative estimate of drug-likeness (QED) is 0.819. The number of halogens is 1. The van der Waals surface area contributed by atoms with Gasteiger partial charge >= 0.3 is 0 Å². The van der Waals surface area contributed by atoms with Crippen LogP contribution in [0.5, 0.6) is 0 Å². The molecule has 1 aliphatic carbocycles. The minimum atomic E-state index is -0.413. The number of carbonyl (C=O) groups excluding carboxylic acids is 2. The molecule has 24 heavy (non-hydrogen) atoms. The van der Waals surface area contributed by atoms with Crippen LogP contribution in [0.15, 0.2) is 0 Å². The van der Waals surface area contributed by atoms with Gasteiger partial charge in [0.2, 0.25) is 11.8 Å². The van der Waals surface area contributed by atoms with E-state index < -0.39 is 6.04 Å². The van der Waals surface area contributed by atoms with E-state index in [9.17, 15) is 9.59 Å². The highest BCUT2D eigenvalue weighted by Crippen LogP contribution is 2.27. The molecule has 0 bridgehead atoms. The van der Waals surface area contributed by atoms with Gasteiger partial charge < -0.3 is 15.5 Å². The van der Waals surface area contributed by atoms with Crippen LogP contribution in [0, 0.1) is 11.8 Å². The van der Waals surface area contributed by atoms with Gasteiger partial charge in [-0.2, -0.15) is 0 Å². The van der Waals surface area contributed by atoms with Crippen LogP contribution in [-0.2, 0) is 9.59 Å². The average molecular weight is 360 g/mol. The fourth-order valence-electron chi connectivity index (χ4n) is 3.65. The second kappa shape index (κ2) is 10.2. The number of amides is 2. The first kappa shape index (κ1) is 21.2. The van der Waals surface area contributed by atoms with Crippen LogP contribution in [0.25, 0.3) is 0 Å².